The number of hydrogen-bond acceptors (Lipinski definition) is 3. The molecule has 3 nitrogen and oxygen atoms in total. The number of rotatable bonds is 5. The minimum Gasteiger partial charge on any atom is -0.379 e. The molecule has 0 aromatic heterocycles. The third-order valence-corrected chi connectivity index (χ3v) is 4.07. The van der Waals surface area contributed by atoms with Crippen LogP contribution in [0.25, 0.3) is 0 Å². The maximum atomic E-state index is 12.9. The average Bonchev–Trinajstić information content (AvgIpc) is 2.58. The number of benzene rings is 2. The molecule has 1 aliphatic heterocycles. The summed E-state index contributed by atoms with van der Waals surface area (Å²) in [6.45, 7) is 3.59. The van der Waals surface area contributed by atoms with Crippen LogP contribution in [0.4, 0.5) is 0 Å². The number of Topliss-reactive ketones (excluding diaryl/α,β-unsaturated/α-hetero) is 1. The third kappa shape index (κ3) is 4.64. The first-order valence-electron chi connectivity index (χ1n) is 7.77. The molecule has 1 fully saturated rings. The molecule has 23 heavy (non-hydrogen) atoms. The molecule has 0 radical (unpaired) electrons. The van der Waals surface area contributed by atoms with E-state index in [4.69, 9.17) is 4.74 Å². The molecule has 2 aromatic rings. The molecule has 0 saturated carbocycles. The molecule has 1 saturated heterocycles. The Hall–Kier alpha value is -1.68. The molecular weight excluding hydrogens is 310 g/mol. The van der Waals surface area contributed by atoms with Crippen LogP contribution in [0.15, 0.2) is 60.7 Å². The summed E-state index contributed by atoms with van der Waals surface area (Å²) >= 11 is 0. The maximum Gasteiger partial charge on any atom is 0.158 e. The Balaban J connectivity index is 0.00000192. The van der Waals surface area contributed by atoms with Crippen LogP contribution >= 0.6 is 12.4 Å². The fourth-order valence-corrected chi connectivity index (χ4v) is 2.93. The van der Waals surface area contributed by atoms with E-state index in [2.05, 4.69) is 4.90 Å². The molecule has 122 valence electrons. The predicted molar refractivity (Wildman–Crippen MR) is 94.2 cm³/mol. The van der Waals surface area contributed by atoms with Gasteiger partial charge in [0.1, 0.15) is 0 Å². The molecule has 2 aromatic carbocycles. The van der Waals surface area contributed by atoms with Crippen molar-refractivity contribution in [2.24, 2.45) is 0 Å². The fraction of sp³-hybridized carbons (Fsp3) is 0.316. The van der Waals surface area contributed by atoms with Crippen LogP contribution in [0.5, 0.6) is 0 Å². The Morgan fingerprint density at radius 1 is 0.913 bits per heavy atom. The van der Waals surface area contributed by atoms with Crippen LogP contribution in [0, 0.1) is 0 Å². The van der Waals surface area contributed by atoms with Crippen molar-refractivity contribution in [1.82, 2.24) is 4.90 Å². The Kier molecular flexibility index (Phi) is 6.78. The van der Waals surface area contributed by atoms with Crippen molar-refractivity contribution in [2.75, 3.05) is 32.8 Å². The number of ether oxygens (including phenoxy) is 1. The van der Waals surface area contributed by atoms with E-state index in [1.54, 1.807) is 0 Å². The van der Waals surface area contributed by atoms with Gasteiger partial charge >= 0.3 is 0 Å². The first-order chi connectivity index (χ1) is 10.8. The second-order valence-corrected chi connectivity index (χ2v) is 5.61. The highest BCUT2D eigenvalue weighted by atomic mass is 35.5. The molecule has 0 N–H and O–H groups in total. The molecule has 0 atom stereocenters. The second-order valence-electron chi connectivity index (χ2n) is 5.61. The minimum absolute atomic E-state index is 0. The minimum atomic E-state index is -0.190. The molecule has 0 bridgehead atoms. The van der Waals surface area contributed by atoms with Gasteiger partial charge in [0.05, 0.1) is 25.7 Å². The summed E-state index contributed by atoms with van der Waals surface area (Å²) in [6.07, 6.45) is 0. The van der Waals surface area contributed by atoms with Gasteiger partial charge in [0.15, 0.2) is 5.78 Å². The van der Waals surface area contributed by atoms with E-state index in [1.165, 1.54) is 0 Å². The third-order valence-electron chi connectivity index (χ3n) is 4.07. The van der Waals surface area contributed by atoms with Gasteiger partial charge in [-0.1, -0.05) is 60.7 Å². The van der Waals surface area contributed by atoms with Crippen LogP contribution in [0.1, 0.15) is 17.0 Å². The first kappa shape index (κ1) is 17.7. The number of ketones is 1. The van der Waals surface area contributed by atoms with Gasteiger partial charge in [0, 0.05) is 13.1 Å². The average molecular weight is 332 g/mol. The van der Waals surface area contributed by atoms with Gasteiger partial charge in [-0.25, -0.2) is 0 Å². The van der Waals surface area contributed by atoms with Crippen molar-refractivity contribution >= 4 is 18.2 Å². The zero-order valence-corrected chi connectivity index (χ0v) is 13.9. The van der Waals surface area contributed by atoms with Crippen molar-refractivity contribution in [2.45, 2.75) is 5.92 Å². The Labute approximate surface area is 143 Å². The molecule has 0 aliphatic carbocycles. The molecule has 0 spiro atoms. The highest BCUT2D eigenvalue weighted by molar-refractivity contribution is 5.90. The van der Waals surface area contributed by atoms with Crippen molar-refractivity contribution in [3.05, 3.63) is 71.8 Å². The second kappa shape index (κ2) is 8.82. The highest BCUT2D eigenvalue weighted by Crippen LogP contribution is 2.26. The molecule has 1 aliphatic rings. The molecular formula is C19H22ClNO2. The van der Waals surface area contributed by atoms with Crippen molar-refractivity contribution < 1.29 is 9.53 Å². The van der Waals surface area contributed by atoms with Gasteiger partial charge < -0.3 is 4.74 Å². The smallest absolute Gasteiger partial charge is 0.158 e. The lowest BCUT2D eigenvalue weighted by molar-refractivity contribution is -0.121. The Morgan fingerprint density at radius 3 is 1.87 bits per heavy atom. The number of morpholine rings is 1. The zero-order chi connectivity index (χ0) is 15.2. The summed E-state index contributed by atoms with van der Waals surface area (Å²) in [5.41, 5.74) is 2.12. The maximum absolute atomic E-state index is 12.9. The van der Waals surface area contributed by atoms with E-state index in [1.807, 2.05) is 60.7 Å². The van der Waals surface area contributed by atoms with Crippen LogP contribution in [0.2, 0.25) is 0 Å². The van der Waals surface area contributed by atoms with E-state index >= 15 is 0 Å². The molecule has 4 heteroatoms. The summed E-state index contributed by atoms with van der Waals surface area (Å²) in [6, 6.07) is 20.1. The van der Waals surface area contributed by atoms with E-state index < -0.39 is 0 Å². The predicted octanol–water partition coefficient (Wildman–Crippen LogP) is 3.14. The van der Waals surface area contributed by atoms with Gasteiger partial charge in [-0.15, -0.1) is 12.4 Å². The van der Waals surface area contributed by atoms with Crippen molar-refractivity contribution in [3.63, 3.8) is 0 Å². The number of carbonyl (C=O) groups excluding carboxylic acids is 1. The SMILES string of the molecule is Cl.O=C(CN1CCOCC1)C(c1ccccc1)c1ccccc1. The fourth-order valence-electron chi connectivity index (χ4n) is 2.93. The summed E-state index contributed by atoms with van der Waals surface area (Å²) in [4.78, 5) is 15.1. The van der Waals surface area contributed by atoms with Gasteiger partial charge in [0.25, 0.3) is 0 Å². The van der Waals surface area contributed by atoms with E-state index in [9.17, 15) is 4.79 Å². The monoisotopic (exact) mass is 331 g/mol. The Morgan fingerprint density at radius 2 is 1.39 bits per heavy atom. The Bertz CT molecular complexity index is 558. The molecule has 1 heterocycles. The topological polar surface area (TPSA) is 29.5 Å². The van der Waals surface area contributed by atoms with Crippen LogP contribution < -0.4 is 0 Å². The number of hydrogen-bond donors (Lipinski definition) is 0. The van der Waals surface area contributed by atoms with Gasteiger partial charge in [-0.2, -0.15) is 0 Å². The summed E-state index contributed by atoms with van der Waals surface area (Å²) in [5, 5.41) is 0. The van der Waals surface area contributed by atoms with E-state index in [0.717, 1.165) is 24.2 Å². The van der Waals surface area contributed by atoms with Gasteiger partial charge in [0.2, 0.25) is 0 Å². The number of nitrogens with zero attached hydrogens (tertiary/aromatic N) is 1. The molecule has 0 amide bonds. The lowest BCUT2D eigenvalue weighted by Gasteiger charge is -2.27. The van der Waals surface area contributed by atoms with Crippen molar-refractivity contribution in [3.8, 4) is 0 Å². The quantitative estimate of drug-likeness (QED) is 0.843. The van der Waals surface area contributed by atoms with Gasteiger partial charge in [-0.05, 0) is 11.1 Å². The van der Waals surface area contributed by atoms with Crippen LogP contribution in [0.3, 0.4) is 0 Å². The zero-order valence-electron chi connectivity index (χ0n) is 13.1. The molecule has 3 rings (SSSR count). The number of halogens is 1. The van der Waals surface area contributed by atoms with Crippen molar-refractivity contribution in [1.29, 1.82) is 0 Å². The largest absolute Gasteiger partial charge is 0.379 e. The lowest BCUT2D eigenvalue weighted by Crippen LogP contribution is -2.40. The summed E-state index contributed by atoms with van der Waals surface area (Å²) in [7, 11) is 0. The van der Waals surface area contributed by atoms with E-state index in [0.29, 0.717) is 19.8 Å². The summed E-state index contributed by atoms with van der Waals surface area (Å²) in [5.74, 6) is 0.0598. The normalized spacial score (nSPS) is 15.2. The summed E-state index contributed by atoms with van der Waals surface area (Å²) < 4.78 is 5.36. The van der Waals surface area contributed by atoms with Crippen LogP contribution in [-0.2, 0) is 9.53 Å². The first-order valence-corrected chi connectivity index (χ1v) is 7.77. The van der Waals surface area contributed by atoms with Crippen LogP contribution in [-0.4, -0.2) is 43.5 Å². The molecule has 0 unspecified atom stereocenters. The number of carbonyl (C=O) groups is 1. The highest BCUT2D eigenvalue weighted by Gasteiger charge is 2.24. The standard InChI is InChI=1S/C19H21NO2.ClH/c21-18(15-20-11-13-22-14-12-20)19(16-7-3-1-4-8-16)17-9-5-2-6-10-17;/h1-10,19H,11-15H2;1H. The van der Waals surface area contributed by atoms with E-state index in [-0.39, 0.29) is 24.1 Å². The van der Waals surface area contributed by atoms with Gasteiger partial charge in [-0.3, -0.25) is 9.69 Å². The lowest BCUT2D eigenvalue weighted by atomic mass is 9.87.